The van der Waals surface area contributed by atoms with Crippen molar-refractivity contribution in [1.82, 2.24) is 19.8 Å². The quantitative estimate of drug-likeness (QED) is 0.593. The van der Waals surface area contributed by atoms with Gasteiger partial charge in [-0.25, -0.2) is 13.1 Å². The molecule has 8 nitrogen and oxygen atoms in total. The molecule has 9 heteroatoms. The molecule has 1 aliphatic rings. The first-order valence-electron chi connectivity index (χ1n) is 9.73. The number of carbonyl (C=O) groups excluding carboxylic acids is 1. The number of benzene rings is 2. The van der Waals surface area contributed by atoms with E-state index in [1.54, 1.807) is 23.1 Å². The summed E-state index contributed by atoms with van der Waals surface area (Å²) >= 11 is 0. The van der Waals surface area contributed by atoms with Crippen LogP contribution < -0.4 is 4.72 Å². The first-order valence-corrected chi connectivity index (χ1v) is 11.2. The number of hydrogen-bond donors (Lipinski definition) is 1. The van der Waals surface area contributed by atoms with Crippen molar-refractivity contribution in [2.24, 2.45) is 0 Å². The van der Waals surface area contributed by atoms with Crippen molar-refractivity contribution in [2.75, 3.05) is 6.54 Å². The molecule has 1 aromatic heterocycles. The van der Waals surface area contributed by atoms with Gasteiger partial charge in [-0.05, 0) is 30.5 Å². The summed E-state index contributed by atoms with van der Waals surface area (Å²) in [5, 5.41) is 3.88. The summed E-state index contributed by atoms with van der Waals surface area (Å²) in [6.07, 6.45) is 1.77. The van der Waals surface area contributed by atoms with E-state index in [1.807, 2.05) is 30.3 Å². The van der Waals surface area contributed by atoms with Gasteiger partial charge in [0, 0.05) is 13.0 Å². The van der Waals surface area contributed by atoms with Crippen molar-refractivity contribution in [3.05, 3.63) is 77.9 Å². The molecular weight excluding hydrogens is 404 g/mol. The zero-order valence-electron chi connectivity index (χ0n) is 16.3. The van der Waals surface area contributed by atoms with Crippen molar-refractivity contribution in [3.8, 4) is 0 Å². The minimum Gasteiger partial charge on any atom is -0.337 e. The van der Waals surface area contributed by atoms with Gasteiger partial charge in [0.1, 0.15) is 6.04 Å². The molecule has 1 amide bonds. The number of aromatic nitrogens is 2. The number of amides is 1. The van der Waals surface area contributed by atoms with E-state index < -0.39 is 10.0 Å². The van der Waals surface area contributed by atoms with Crippen LogP contribution in [-0.4, -0.2) is 35.9 Å². The lowest BCUT2D eigenvalue weighted by atomic mass is 10.1. The predicted molar refractivity (Wildman–Crippen MR) is 109 cm³/mol. The highest BCUT2D eigenvalue weighted by molar-refractivity contribution is 7.89. The lowest BCUT2D eigenvalue weighted by Crippen LogP contribution is -2.30. The Hall–Kier alpha value is -3.04. The largest absolute Gasteiger partial charge is 0.337 e. The smallest absolute Gasteiger partial charge is 0.249 e. The lowest BCUT2D eigenvalue weighted by molar-refractivity contribution is -0.129. The fourth-order valence-electron chi connectivity index (χ4n) is 3.48. The van der Waals surface area contributed by atoms with Crippen molar-refractivity contribution >= 4 is 15.9 Å². The third kappa shape index (κ3) is 4.58. The van der Waals surface area contributed by atoms with Crippen molar-refractivity contribution in [3.63, 3.8) is 0 Å². The molecule has 156 valence electrons. The minimum absolute atomic E-state index is 0.0560. The summed E-state index contributed by atoms with van der Waals surface area (Å²) in [4.78, 5) is 18.6. The van der Waals surface area contributed by atoms with Crippen LogP contribution in [0.25, 0.3) is 0 Å². The third-order valence-electron chi connectivity index (χ3n) is 5.06. The zero-order chi connectivity index (χ0) is 21.0. The number of sulfonamides is 1. The molecule has 4 rings (SSSR count). The van der Waals surface area contributed by atoms with Gasteiger partial charge in [-0.15, -0.1) is 0 Å². The maximum Gasteiger partial charge on any atom is 0.249 e. The third-order valence-corrected chi connectivity index (χ3v) is 6.47. The van der Waals surface area contributed by atoms with E-state index >= 15 is 0 Å². The SMILES string of the molecule is O=C1CC[C@@H](c2nc(CNS(=O)(=O)c3ccccc3)no2)N1CCc1ccccc1. The van der Waals surface area contributed by atoms with Gasteiger partial charge in [-0.3, -0.25) is 4.79 Å². The normalized spacial score (nSPS) is 16.9. The van der Waals surface area contributed by atoms with E-state index in [0.29, 0.717) is 25.3 Å². The highest BCUT2D eigenvalue weighted by Gasteiger charge is 2.35. The highest BCUT2D eigenvalue weighted by Crippen LogP contribution is 2.31. The fraction of sp³-hybridized carbons (Fsp3) is 0.286. The summed E-state index contributed by atoms with van der Waals surface area (Å²) in [7, 11) is -3.66. The number of hydrogen-bond acceptors (Lipinski definition) is 6. The Bertz CT molecular complexity index is 1100. The molecule has 30 heavy (non-hydrogen) atoms. The summed E-state index contributed by atoms with van der Waals surface area (Å²) in [6.45, 7) is 0.470. The van der Waals surface area contributed by atoms with Crippen LogP contribution in [0.5, 0.6) is 0 Å². The zero-order valence-corrected chi connectivity index (χ0v) is 17.1. The van der Waals surface area contributed by atoms with Gasteiger partial charge < -0.3 is 9.42 Å². The topological polar surface area (TPSA) is 105 Å². The van der Waals surface area contributed by atoms with Gasteiger partial charge in [-0.1, -0.05) is 53.7 Å². The second kappa shape index (κ2) is 8.76. The summed E-state index contributed by atoms with van der Waals surface area (Å²) in [6, 6.07) is 17.8. The number of nitrogens with zero attached hydrogens (tertiary/aromatic N) is 3. The van der Waals surface area contributed by atoms with Crippen LogP contribution in [0.1, 0.15) is 36.2 Å². The molecule has 1 N–H and O–H groups in total. The van der Waals surface area contributed by atoms with E-state index in [1.165, 1.54) is 12.1 Å². The number of carbonyl (C=O) groups is 1. The highest BCUT2D eigenvalue weighted by atomic mass is 32.2. The Kier molecular flexibility index (Phi) is 5.91. The number of rotatable bonds is 8. The Morgan fingerprint density at radius 3 is 2.50 bits per heavy atom. The summed E-state index contributed by atoms with van der Waals surface area (Å²) in [5.41, 5.74) is 1.15. The molecule has 2 aromatic carbocycles. The number of likely N-dealkylation sites (tertiary alicyclic amines) is 1. The van der Waals surface area contributed by atoms with Crippen molar-refractivity contribution in [2.45, 2.75) is 36.7 Å². The van der Waals surface area contributed by atoms with Crippen LogP contribution in [0.4, 0.5) is 0 Å². The van der Waals surface area contributed by atoms with Crippen LogP contribution in [0.2, 0.25) is 0 Å². The second-order valence-corrected chi connectivity index (χ2v) is 8.83. The Morgan fingerprint density at radius 2 is 1.77 bits per heavy atom. The van der Waals surface area contributed by atoms with E-state index in [9.17, 15) is 13.2 Å². The molecule has 2 heterocycles. The monoisotopic (exact) mass is 426 g/mol. The van der Waals surface area contributed by atoms with E-state index in [-0.39, 0.29) is 29.2 Å². The molecule has 0 saturated carbocycles. The fourth-order valence-corrected chi connectivity index (χ4v) is 4.48. The molecule has 0 unspecified atom stereocenters. The summed E-state index contributed by atoms with van der Waals surface area (Å²) in [5.74, 6) is 0.621. The predicted octanol–water partition coefficient (Wildman–Crippen LogP) is 2.45. The lowest BCUT2D eigenvalue weighted by Gasteiger charge is -2.21. The Balaban J connectivity index is 1.40. The van der Waals surface area contributed by atoms with Gasteiger partial charge >= 0.3 is 0 Å². The van der Waals surface area contributed by atoms with Crippen LogP contribution >= 0.6 is 0 Å². The Morgan fingerprint density at radius 1 is 1.07 bits per heavy atom. The first-order chi connectivity index (χ1) is 14.5. The molecule has 0 spiro atoms. The van der Waals surface area contributed by atoms with E-state index in [0.717, 1.165) is 12.0 Å². The molecule has 3 aromatic rings. The van der Waals surface area contributed by atoms with Gasteiger partial charge in [0.15, 0.2) is 5.82 Å². The minimum atomic E-state index is -3.66. The maximum absolute atomic E-state index is 12.3. The van der Waals surface area contributed by atoms with Crippen LogP contribution in [-0.2, 0) is 27.8 Å². The Labute approximate surface area is 175 Å². The molecule has 0 aliphatic carbocycles. The van der Waals surface area contributed by atoms with Crippen LogP contribution in [0.3, 0.4) is 0 Å². The molecular formula is C21H22N4O4S. The second-order valence-electron chi connectivity index (χ2n) is 7.06. The van der Waals surface area contributed by atoms with Gasteiger partial charge in [0.2, 0.25) is 21.8 Å². The molecule has 1 atom stereocenters. The molecule has 1 fully saturated rings. The van der Waals surface area contributed by atoms with Crippen molar-refractivity contribution < 1.29 is 17.7 Å². The first kappa shape index (κ1) is 20.2. The van der Waals surface area contributed by atoms with Crippen LogP contribution in [0, 0.1) is 0 Å². The standard InChI is InChI=1S/C21H22N4O4S/c26-20-12-11-18(25(20)14-13-16-7-3-1-4-8-16)21-23-19(24-29-21)15-22-30(27,28)17-9-5-2-6-10-17/h1-10,18,22H,11-15H2/t18-/m0/s1. The molecule has 1 aliphatic heterocycles. The van der Waals surface area contributed by atoms with E-state index in [4.69, 9.17) is 4.52 Å². The van der Waals surface area contributed by atoms with Crippen molar-refractivity contribution in [1.29, 1.82) is 0 Å². The number of nitrogens with one attached hydrogen (secondary N) is 1. The molecule has 0 bridgehead atoms. The maximum atomic E-state index is 12.3. The van der Waals surface area contributed by atoms with Gasteiger partial charge in [-0.2, -0.15) is 4.98 Å². The van der Waals surface area contributed by atoms with Crippen LogP contribution in [0.15, 0.2) is 70.1 Å². The molecule has 1 saturated heterocycles. The van der Waals surface area contributed by atoms with Gasteiger partial charge in [0.05, 0.1) is 11.4 Å². The average molecular weight is 426 g/mol. The molecule has 0 radical (unpaired) electrons. The van der Waals surface area contributed by atoms with Gasteiger partial charge in [0.25, 0.3) is 0 Å². The average Bonchev–Trinajstić information content (AvgIpc) is 3.38. The summed E-state index contributed by atoms with van der Waals surface area (Å²) < 4.78 is 32.5. The van der Waals surface area contributed by atoms with E-state index in [2.05, 4.69) is 14.9 Å².